The molecule has 2 N–H and O–H groups in total. The lowest BCUT2D eigenvalue weighted by molar-refractivity contribution is -0.121. The van der Waals surface area contributed by atoms with Crippen LogP contribution in [0.2, 0.25) is 0 Å². The van der Waals surface area contributed by atoms with Gasteiger partial charge in [0.15, 0.2) is 0 Å². The Hall–Kier alpha value is -3.22. The average molecular weight is 397 g/mol. The van der Waals surface area contributed by atoms with Gasteiger partial charge in [-0.3, -0.25) is 4.79 Å². The molecule has 29 heavy (non-hydrogen) atoms. The number of hydrogen-bond donors (Lipinski definition) is 2. The summed E-state index contributed by atoms with van der Waals surface area (Å²) < 4.78 is 10.7. The van der Waals surface area contributed by atoms with E-state index in [0.29, 0.717) is 39.1 Å². The van der Waals surface area contributed by atoms with E-state index in [1.54, 1.807) is 12.0 Å². The molecule has 0 unspecified atom stereocenters. The summed E-state index contributed by atoms with van der Waals surface area (Å²) in [5.74, 6) is 1.44. The highest BCUT2D eigenvalue weighted by Gasteiger charge is 2.27. The molecule has 7 heteroatoms. The third-order valence-electron chi connectivity index (χ3n) is 4.90. The van der Waals surface area contributed by atoms with Gasteiger partial charge in [0.05, 0.1) is 13.7 Å². The Labute approximate surface area is 171 Å². The summed E-state index contributed by atoms with van der Waals surface area (Å²) in [4.78, 5) is 26.4. The number of benzene rings is 2. The minimum atomic E-state index is -0.120. The van der Waals surface area contributed by atoms with Crippen molar-refractivity contribution in [2.45, 2.75) is 12.8 Å². The number of carbonyl (C=O) groups is 2. The molecule has 0 radical (unpaired) electrons. The fraction of sp³-hybridized carbons (Fsp3) is 0.364. The molecule has 0 aromatic heterocycles. The Kier molecular flexibility index (Phi) is 7.33. The van der Waals surface area contributed by atoms with Crippen molar-refractivity contribution in [3.63, 3.8) is 0 Å². The van der Waals surface area contributed by atoms with Crippen molar-refractivity contribution in [2.75, 3.05) is 38.7 Å². The minimum absolute atomic E-state index is 0.0177. The third kappa shape index (κ3) is 6.14. The predicted molar refractivity (Wildman–Crippen MR) is 111 cm³/mol. The van der Waals surface area contributed by atoms with E-state index in [0.717, 1.165) is 17.2 Å². The molecule has 3 rings (SSSR count). The molecule has 154 valence electrons. The molecule has 0 bridgehead atoms. The number of hydrogen-bond acceptors (Lipinski definition) is 4. The molecule has 1 heterocycles. The molecular weight excluding hydrogens is 370 g/mol. The Morgan fingerprint density at radius 2 is 1.66 bits per heavy atom. The monoisotopic (exact) mass is 397 g/mol. The smallest absolute Gasteiger partial charge is 0.317 e. The number of nitrogens with zero attached hydrogens (tertiary/aromatic N) is 1. The quantitative estimate of drug-likeness (QED) is 0.704. The summed E-state index contributed by atoms with van der Waals surface area (Å²) in [7, 11) is 1.61. The zero-order valence-corrected chi connectivity index (χ0v) is 16.6. The first-order valence-electron chi connectivity index (χ1n) is 9.81. The Bertz CT molecular complexity index is 787. The second-order valence-electron chi connectivity index (χ2n) is 6.87. The zero-order valence-electron chi connectivity index (χ0n) is 16.6. The fourth-order valence-corrected chi connectivity index (χ4v) is 3.22. The average Bonchev–Trinajstić information content (AvgIpc) is 2.77. The number of amides is 3. The van der Waals surface area contributed by atoms with Crippen molar-refractivity contribution >= 4 is 17.6 Å². The SMILES string of the molecule is COc1ccc(OCCNC(=O)N2CCC(C(=O)Nc3ccccc3)CC2)cc1. The van der Waals surface area contributed by atoms with Crippen LogP contribution >= 0.6 is 0 Å². The molecule has 0 spiro atoms. The van der Waals surface area contributed by atoms with Crippen molar-refractivity contribution in [2.24, 2.45) is 5.92 Å². The normalized spacial score (nSPS) is 14.2. The number of piperidine rings is 1. The van der Waals surface area contributed by atoms with E-state index >= 15 is 0 Å². The lowest BCUT2D eigenvalue weighted by Gasteiger charge is -2.31. The number of carbonyl (C=O) groups excluding carboxylic acids is 2. The summed E-state index contributed by atoms with van der Waals surface area (Å²) >= 11 is 0. The van der Waals surface area contributed by atoms with Crippen LogP contribution in [-0.4, -0.2) is 50.2 Å². The summed E-state index contributed by atoms with van der Waals surface area (Å²) in [5.41, 5.74) is 0.800. The highest BCUT2D eigenvalue weighted by molar-refractivity contribution is 5.92. The van der Waals surface area contributed by atoms with E-state index in [-0.39, 0.29) is 17.9 Å². The molecule has 1 aliphatic heterocycles. The standard InChI is InChI=1S/C22H27N3O4/c1-28-19-7-9-20(10-8-19)29-16-13-23-22(27)25-14-11-17(12-15-25)21(26)24-18-5-3-2-4-6-18/h2-10,17H,11-16H2,1H3,(H,23,27)(H,24,26). The van der Waals surface area contributed by atoms with Gasteiger partial charge in [0.2, 0.25) is 5.91 Å². The second-order valence-corrected chi connectivity index (χ2v) is 6.87. The second kappa shape index (κ2) is 10.4. The third-order valence-corrected chi connectivity index (χ3v) is 4.90. The molecule has 2 aromatic carbocycles. The van der Waals surface area contributed by atoms with E-state index in [4.69, 9.17) is 9.47 Å². The summed E-state index contributed by atoms with van der Waals surface area (Å²) in [5, 5.41) is 5.80. The number of anilines is 1. The van der Waals surface area contributed by atoms with Gasteiger partial charge >= 0.3 is 6.03 Å². The summed E-state index contributed by atoms with van der Waals surface area (Å²) in [6.45, 7) is 1.93. The van der Waals surface area contributed by atoms with Gasteiger partial charge in [0, 0.05) is 24.7 Å². The lowest BCUT2D eigenvalue weighted by atomic mass is 9.96. The number of ether oxygens (including phenoxy) is 2. The Morgan fingerprint density at radius 1 is 1.00 bits per heavy atom. The van der Waals surface area contributed by atoms with Crippen molar-refractivity contribution < 1.29 is 19.1 Å². The van der Waals surface area contributed by atoms with E-state index < -0.39 is 0 Å². The van der Waals surface area contributed by atoms with Crippen molar-refractivity contribution in [1.82, 2.24) is 10.2 Å². The highest BCUT2D eigenvalue weighted by atomic mass is 16.5. The first kappa shape index (κ1) is 20.5. The minimum Gasteiger partial charge on any atom is -0.497 e. The van der Waals surface area contributed by atoms with Gasteiger partial charge in [-0.15, -0.1) is 0 Å². The predicted octanol–water partition coefficient (Wildman–Crippen LogP) is 3.13. The van der Waals surface area contributed by atoms with Gasteiger partial charge in [-0.05, 0) is 49.2 Å². The largest absolute Gasteiger partial charge is 0.497 e. The van der Waals surface area contributed by atoms with Crippen LogP contribution in [0.5, 0.6) is 11.5 Å². The van der Waals surface area contributed by atoms with Gasteiger partial charge in [0.1, 0.15) is 18.1 Å². The topological polar surface area (TPSA) is 79.9 Å². The zero-order chi connectivity index (χ0) is 20.5. The molecule has 2 aromatic rings. The van der Waals surface area contributed by atoms with Crippen molar-refractivity contribution in [3.8, 4) is 11.5 Å². The first-order valence-corrected chi connectivity index (χ1v) is 9.81. The molecule has 7 nitrogen and oxygen atoms in total. The number of urea groups is 1. The van der Waals surface area contributed by atoms with E-state index in [2.05, 4.69) is 10.6 Å². The Morgan fingerprint density at radius 3 is 2.31 bits per heavy atom. The van der Waals surface area contributed by atoms with Gasteiger partial charge in [-0.1, -0.05) is 18.2 Å². The molecular formula is C22H27N3O4. The van der Waals surface area contributed by atoms with Gasteiger partial charge < -0.3 is 25.0 Å². The Balaban J connectivity index is 1.33. The van der Waals surface area contributed by atoms with Crippen molar-refractivity contribution in [1.29, 1.82) is 0 Å². The van der Waals surface area contributed by atoms with Crippen LogP contribution in [0.4, 0.5) is 10.5 Å². The van der Waals surface area contributed by atoms with Gasteiger partial charge in [-0.2, -0.15) is 0 Å². The number of rotatable bonds is 7. The number of nitrogens with one attached hydrogen (secondary N) is 2. The van der Waals surface area contributed by atoms with Crippen LogP contribution in [-0.2, 0) is 4.79 Å². The fourth-order valence-electron chi connectivity index (χ4n) is 3.22. The van der Waals surface area contributed by atoms with Crippen LogP contribution in [0, 0.1) is 5.92 Å². The first-order chi connectivity index (χ1) is 14.2. The van der Waals surface area contributed by atoms with Crippen LogP contribution in [0.25, 0.3) is 0 Å². The highest BCUT2D eigenvalue weighted by Crippen LogP contribution is 2.20. The molecule has 1 saturated heterocycles. The van der Waals surface area contributed by atoms with Crippen molar-refractivity contribution in [3.05, 3.63) is 54.6 Å². The summed E-state index contributed by atoms with van der Waals surface area (Å²) in [6, 6.07) is 16.6. The van der Waals surface area contributed by atoms with Crippen LogP contribution in [0.1, 0.15) is 12.8 Å². The van der Waals surface area contributed by atoms with E-state index in [1.165, 1.54) is 0 Å². The number of likely N-dealkylation sites (tertiary alicyclic amines) is 1. The van der Waals surface area contributed by atoms with Crippen LogP contribution < -0.4 is 20.1 Å². The van der Waals surface area contributed by atoms with Gasteiger partial charge in [-0.25, -0.2) is 4.79 Å². The maximum Gasteiger partial charge on any atom is 0.317 e. The maximum absolute atomic E-state index is 12.4. The molecule has 1 fully saturated rings. The van der Waals surface area contributed by atoms with Crippen LogP contribution in [0.3, 0.4) is 0 Å². The molecule has 0 saturated carbocycles. The molecule has 0 atom stereocenters. The number of methoxy groups -OCH3 is 1. The van der Waals surface area contributed by atoms with E-state index in [1.807, 2.05) is 54.6 Å². The lowest BCUT2D eigenvalue weighted by Crippen LogP contribution is -2.46. The van der Waals surface area contributed by atoms with E-state index in [9.17, 15) is 9.59 Å². The maximum atomic E-state index is 12.4. The van der Waals surface area contributed by atoms with Crippen LogP contribution in [0.15, 0.2) is 54.6 Å². The summed E-state index contributed by atoms with van der Waals surface area (Å²) in [6.07, 6.45) is 1.32. The molecule has 3 amide bonds. The number of para-hydroxylation sites is 1. The van der Waals surface area contributed by atoms with Gasteiger partial charge in [0.25, 0.3) is 0 Å². The molecule has 1 aliphatic rings. The molecule has 0 aliphatic carbocycles.